The van der Waals surface area contributed by atoms with Crippen molar-refractivity contribution < 1.29 is 14.6 Å². The van der Waals surface area contributed by atoms with Gasteiger partial charge in [-0.05, 0) is 105 Å². The van der Waals surface area contributed by atoms with Gasteiger partial charge in [0, 0.05) is 23.3 Å². The number of carboxylic acids is 1. The van der Waals surface area contributed by atoms with E-state index in [0.29, 0.717) is 11.5 Å². The van der Waals surface area contributed by atoms with E-state index in [1.165, 1.54) is 40.8 Å². The Kier molecular flexibility index (Phi) is 4.61. The largest absolute Gasteiger partial charge is 0.488 e. The topological polar surface area (TPSA) is 49.8 Å². The molecule has 1 fully saturated rings. The number of anilines is 2. The summed E-state index contributed by atoms with van der Waals surface area (Å²) in [5.74, 6) is 0.781. The summed E-state index contributed by atoms with van der Waals surface area (Å²) in [6.45, 7) is 7.41. The number of hydrogen-bond acceptors (Lipinski definition) is 3. The Labute approximate surface area is 201 Å². The number of ether oxygens (including phenoxy) is 1. The van der Waals surface area contributed by atoms with Gasteiger partial charge in [0.15, 0.2) is 0 Å². The number of fused-ring (bicyclic) bond motifs is 2. The summed E-state index contributed by atoms with van der Waals surface area (Å²) in [5.41, 5.74) is 7.41. The highest BCUT2D eigenvalue weighted by Gasteiger charge is 2.42. The maximum atomic E-state index is 11.6. The van der Waals surface area contributed by atoms with Crippen LogP contribution in [0.4, 0.5) is 11.4 Å². The van der Waals surface area contributed by atoms with E-state index in [4.69, 9.17) is 4.74 Å². The molecule has 3 aromatic carbocycles. The monoisotopic (exact) mass is 453 g/mol. The summed E-state index contributed by atoms with van der Waals surface area (Å²) in [6, 6.07) is 20.9. The van der Waals surface area contributed by atoms with Gasteiger partial charge in [0.25, 0.3) is 0 Å². The highest BCUT2D eigenvalue weighted by atomic mass is 16.5. The van der Waals surface area contributed by atoms with E-state index in [0.717, 1.165) is 30.8 Å². The fraction of sp³-hybridized carbons (Fsp3) is 0.367. The summed E-state index contributed by atoms with van der Waals surface area (Å²) >= 11 is 0. The predicted molar refractivity (Wildman–Crippen MR) is 135 cm³/mol. The molecular formula is C30H31NO3. The third-order valence-electron chi connectivity index (χ3n) is 7.91. The molecule has 0 amide bonds. The minimum atomic E-state index is -0.897. The van der Waals surface area contributed by atoms with Crippen molar-refractivity contribution in [1.29, 1.82) is 0 Å². The number of aryl methyl sites for hydroxylation is 1. The maximum Gasteiger partial charge on any atom is 0.335 e. The molecule has 0 aromatic heterocycles. The fourth-order valence-electron chi connectivity index (χ4n) is 5.67. The van der Waals surface area contributed by atoms with Crippen LogP contribution in [0.25, 0.3) is 0 Å². The average Bonchev–Trinajstić information content (AvgIpc) is 3.62. The van der Waals surface area contributed by atoms with Crippen LogP contribution in [0.1, 0.15) is 78.6 Å². The van der Waals surface area contributed by atoms with Crippen LogP contribution in [0.15, 0.2) is 60.7 Å². The van der Waals surface area contributed by atoms with Gasteiger partial charge < -0.3 is 14.7 Å². The van der Waals surface area contributed by atoms with Crippen molar-refractivity contribution in [3.63, 3.8) is 0 Å². The fourth-order valence-corrected chi connectivity index (χ4v) is 5.67. The third kappa shape index (κ3) is 3.48. The second kappa shape index (κ2) is 7.36. The number of benzene rings is 3. The van der Waals surface area contributed by atoms with E-state index in [2.05, 4.69) is 62.1 Å². The molecule has 0 spiro atoms. The molecule has 1 unspecified atom stereocenters. The first-order chi connectivity index (χ1) is 16.2. The van der Waals surface area contributed by atoms with Crippen LogP contribution >= 0.6 is 0 Å². The van der Waals surface area contributed by atoms with Crippen molar-refractivity contribution in [3.8, 4) is 5.75 Å². The Bertz CT molecular complexity index is 1310. The molecule has 34 heavy (non-hydrogen) atoms. The first-order valence-corrected chi connectivity index (χ1v) is 12.3. The van der Waals surface area contributed by atoms with Crippen LogP contribution in [0.3, 0.4) is 0 Å². The summed E-state index contributed by atoms with van der Waals surface area (Å²) in [7, 11) is 0. The summed E-state index contributed by atoms with van der Waals surface area (Å²) in [5, 5.41) is 9.55. The van der Waals surface area contributed by atoms with Crippen LogP contribution in [-0.2, 0) is 11.8 Å². The van der Waals surface area contributed by atoms with Crippen molar-refractivity contribution in [2.24, 2.45) is 0 Å². The molecule has 174 valence electrons. The molecule has 0 radical (unpaired) electrons. The second-order valence-corrected chi connectivity index (χ2v) is 11.0. The van der Waals surface area contributed by atoms with Crippen LogP contribution in [0.5, 0.6) is 5.75 Å². The zero-order valence-corrected chi connectivity index (χ0v) is 20.1. The van der Waals surface area contributed by atoms with Crippen molar-refractivity contribution in [1.82, 2.24) is 0 Å². The molecule has 3 aromatic rings. The van der Waals surface area contributed by atoms with E-state index in [1.807, 2.05) is 12.1 Å². The summed E-state index contributed by atoms with van der Waals surface area (Å²) in [6.07, 6.45) is 4.57. The minimum absolute atomic E-state index is 0.122. The van der Waals surface area contributed by atoms with E-state index in [1.54, 1.807) is 12.1 Å². The molecule has 1 aliphatic carbocycles. The van der Waals surface area contributed by atoms with Gasteiger partial charge in [-0.1, -0.05) is 30.3 Å². The lowest BCUT2D eigenvalue weighted by molar-refractivity contribution is 0.0696. The van der Waals surface area contributed by atoms with Crippen molar-refractivity contribution in [3.05, 3.63) is 88.5 Å². The van der Waals surface area contributed by atoms with E-state index >= 15 is 0 Å². The molecule has 2 heterocycles. The number of nitrogens with zero attached hydrogens (tertiary/aromatic N) is 1. The zero-order chi connectivity index (χ0) is 23.7. The minimum Gasteiger partial charge on any atom is -0.488 e. The van der Waals surface area contributed by atoms with Gasteiger partial charge in [-0.2, -0.15) is 0 Å². The Morgan fingerprint density at radius 2 is 1.85 bits per heavy atom. The molecule has 3 aliphatic rings. The average molecular weight is 454 g/mol. The van der Waals surface area contributed by atoms with E-state index in [9.17, 15) is 9.90 Å². The Hall–Kier alpha value is -3.27. The van der Waals surface area contributed by atoms with Gasteiger partial charge in [-0.15, -0.1) is 0 Å². The van der Waals surface area contributed by atoms with Gasteiger partial charge >= 0.3 is 5.97 Å². The van der Waals surface area contributed by atoms with Crippen LogP contribution in [0.2, 0.25) is 0 Å². The lowest BCUT2D eigenvalue weighted by atomic mass is 9.76. The zero-order valence-electron chi connectivity index (χ0n) is 20.1. The van der Waals surface area contributed by atoms with Crippen molar-refractivity contribution in [2.45, 2.75) is 63.4 Å². The molecule has 1 N–H and O–H groups in total. The van der Waals surface area contributed by atoms with Crippen molar-refractivity contribution >= 4 is 17.3 Å². The number of aromatic carboxylic acids is 1. The van der Waals surface area contributed by atoms with Crippen LogP contribution in [0, 0.1) is 0 Å². The van der Waals surface area contributed by atoms with Gasteiger partial charge in [-0.3, -0.25) is 0 Å². The van der Waals surface area contributed by atoms with Gasteiger partial charge in [0.1, 0.15) is 11.4 Å². The molecule has 2 aliphatic heterocycles. The molecule has 0 saturated heterocycles. The lowest BCUT2D eigenvalue weighted by Gasteiger charge is -2.34. The molecule has 4 nitrogen and oxygen atoms in total. The lowest BCUT2D eigenvalue weighted by Crippen LogP contribution is -2.33. The molecule has 1 saturated carbocycles. The second-order valence-electron chi connectivity index (χ2n) is 11.0. The number of hydrogen-bond donors (Lipinski definition) is 1. The van der Waals surface area contributed by atoms with E-state index in [-0.39, 0.29) is 11.0 Å². The predicted octanol–water partition coefficient (Wildman–Crippen LogP) is 6.82. The number of rotatable bonds is 4. The molecular weight excluding hydrogens is 422 g/mol. The Balaban J connectivity index is 1.46. The van der Waals surface area contributed by atoms with Gasteiger partial charge in [0.2, 0.25) is 0 Å². The number of carboxylic acid groups (broad SMARTS) is 1. The summed E-state index contributed by atoms with van der Waals surface area (Å²) < 4.78 is 6.26. The Morgan fingerprint density at radius 3 is 2.62 bits per heavy atom. The van der Waals surface area contributed by atoms with Gasteiger partial charge in [-0.25, -0.2) is 4.79 Å². The normalized spacial score (nSPS) is 22.6. The number of carbonyl (C=O) groups is 1. The SMILES string of the molecule is CC1(C)CCc2cc(C3(C)CN(c4cccc(C(=O)O)c4)c4ccc(C5CC5)cc43)ccc2O1. The first-order valence-electron chi connectivity index (χ1n) is 12.3. The van der Waals surface area contributed by atoms with Crippen molar-refractivity contribution in [2.75, 3.05) is 11.4 Å². The van der Waals surface area contributed by atoms with Crippen LogP contribution in [-0.4, -0.2) is 23.2 Å². The first kappa shape index (κ1) is 21.3. The standard InChI is InChI=1S/C30H31NO3/c1-29(2)14-13-21-15-23(10-12-27(21)34-29)30(3)18-31(24-6-4-5-22(16-24)28(32)33)26-11-9-20(17-25(26)30)19-7-8-19/h4-6,9-12,15-17,19H,7-8,13-14,18H2,1-3H3,(H,32,33). The Morgan fingerprint density at radius 1 is 1.03 bits per heavy atom. The third-order valence-corrected chi connectivity index (χ3v) is 7.91. The van der Waals surface area contributed by atoms with E-state index < -0.39 is 5.97 Å². The molecule has 6 rings (SSSR count). The highest BCUT2D eigenvalue weighted by Crippen LogP contribution is 2.51. The summed E-state index contributed by atoms with van der Waals surface area (Å²) in [4.78, 5) is 13.9. The molecule has 0 bridgehead atoms. The highest BCUT2D eigenvalue weighted by molar-refractivity contribution is 5.89. The molecule has 4 heteroatoms. The molecule has 1 atom stereocenters. The van der Waals surface area contributed by atoms with Crippen LogP contribution < -0.4 is 9.64 Å². The smallest absolute Gasteiger partial charge is 0.335 e. The maximum absolute atomic E-state index is 11.6. The van der Waals surface area contributed by atoms with Gasteiger partial charge in [0.05, 0.1) is 5.56 Å². The quantitative estimate of drug-likeness (QED) is 0.471.